The van der Waals surface area contributed by atoms with Crippen LogP contribution in [-0.2, 0) is 6.54 Å². The van der Waals surface area contributed by atoms with Crippen molar-refractivity contribution in [3.05, 3.63) is 52.7 Å². The molecule has 5 nitrogen and oxygen atoms in total. The largest absolute Gasteiger partial charge is 0.496 e. The van der Waals surface area contributed by atoms with Gasteiger partial charge in [0, 0.05) is 25.4 Å². The zero-order valence-corrected chi connectivity index (χ0v) is 12.6. The van der Waals surface area contributed by atoms with Gasteiger partial charge in [0.2, 0.25) is 0 Å². The Bertz CT molecular complexity index is 647. The predicted molar refractivity (Wildman–Crippen MR) is 83.0 cm³/mol. The number of carbonyl (C=O) groups is 1. The second-order valence-corrected chi connectivity index (χ2v) is 4.70. The average molecular weight is 306 g/mol. The van der Waals surface area contributed by atoms with Gasteiger partial charge in [0.05, 0.1) is 17.7 Å². The lowest BCUT2D eigenvalue weighted by Crippen LogP contribution is -2.23. The molecule has 0 radical (unpaired) electrons. The molecule has 0 bridgehead atoms. The zero-order chi connectivity index (χ0) is 15.2. The van der Waals surface area contributed by atoms with E-state index in [1.165, 1.54) is 6.20 Å². The van der Waals surface area contributed by atoms with Gasteiger partial charge in [-0.15, -0.1) is 0 Å². The van der Waals surface area contributed by atoms with E-state index >= 15 is 0 Å². The fourth-order valence-corrected chi connectivity index (χ4v) is 2.06. The molecule has 0 aliphatic heterocycles. The number of nitrogens with zero attached hydrogens (tertiary/aromatic N) is 1. The van der Waals surface area contributed by atoms with Gasteiger partial charge in [-0.25, -0.2) is 4.98 Å². The molecule has 6 heteroatoms. The van der Waals surface area contributed by atoms with E-state index in [1.807, 2.05) is 24.3 Å². The lowest BCUT2D eigenvalue weighted by Gasteiger charge is -2.10. The van der Waals surface area contributed by atoms with Crippen molar-refractivity contribution in [3.63, 3.8) is 0 Å². The summed E-state index contributed by atoms with van der Waals surface area (Å²) >= 11 is 6.01. The molecule has 0 saturated heterocycles. The van der Waals surface area contributed by atoms with Crippen LogP contribution in [0.2, 0.25) is 5.02 Å². The number of methoxy groups -OCH3 is 1. The summed E-state index contributed by atoms with van der Waals surface area (Å²) in [6.07, 6.45) is 1.45. The lowest BCUT2D eigenvalue weighted by molar-refractivity contribution is 0.0951. The van der Waals surface area contributed by atoms with Crippen LogP contribution < -0.4 is 15.4 Å². The normalized spacial score (nSPS) is 10.0. The molecule has 1 aromatic heterocycles. The number of para-hydroxylation sites is 1. The molecule has 0 unspecified atom stereocenters. The van der Waals surface area contributed by atoms with Crippen molar-refractivity contribution in [3.8, 4) is 5.75 Å². The van der Waals surface area contributed by atoms with Gasteiger partial charge in [0.15, 0.2) is 0 Å². The molecule has 21 heavy (non-hydrogen) atoms. The van der Waals surface area contributed by atoms with E-state index in [2.05, 4.69) is 15.6 Å². The smallest absolute Gasteiger partial charge is 0.253 e. The number of hydrogen-bond acceptors (Lipinski definition) is 4. The maximum absolute atomic E-state index is 12.2. The van der Waals surface area contributed by atoms with Crippen molar-refractivity contribution in [2.45, 2.75) is 6.54 Å². The van der Waals surface area contributed by atoms with Crippen LogP contribution in [0, 0.1) is 0 Å². The number of pyridine rings is 1. The Morgan fingerprint density at radius 1 is 1.38 bits per heavy atom. The summed E-state index contributed by atoms with van der Waals surface area (Å²) in [5.74, 6) is 1.06. The van der Waals surface area contributed by atoms with Crippen molar-refractivity contribution in [2.75, 3.05) is 19.5 Å². The quantitative estimate of drug-likeness (QED) is 0.891. The van der Waals surface area contributed by atoms with Gasteiger partial charge in [-0.1, -0.05) is 29.8 Å². The first kappa shape index (κ1) is 15.1. The molecule has 2 N–H and O–H groups in total. The van der Waals surface area contributed by atoms with E-state index in [4.69, 9.17) is 16.3 Å². The summed E-state index contributed by atoms with van der Waals surface area (Å²) in [5.41, 5.74) is 1.28. The third-order valence-electron chi connectivity index (χ3n) is 2.99. The number of halogens is 1. The second kappa shape index (κ2) is 6.95. The number of hydrogen-bond donors (Lipinski definition) is 2. The molecule has 0 aliphatic carbocycles. The molecule has 1 amide bonds. The fraction of sp³-hybridized carbons (Fsp3) is 0.200. The molecule has 1 heterocycles. The van der Waals surface area contributed by atoms with Crippen molar-refractivity contribution in [1.82, 2.24) is 10.3 Å². The molecule has 2 aromatic rings. The van der Waals surface area contributed by atoms with Gasteiger partial charge in [-0.3, -0.25) is 4.79 Å². The second-order valence-electron chi connectivity index (χ2n) is 4.29. The van der Waals surface area contributed by atoms with Crippen molar-refractivity contribution in [1.29, 1.82) is 0 Å². The van der Waals surface area contributed by atoms with Gasteiger partial charge in [-0.05, 0) is 12.1 Å². The molecule has 2 rings (SSSR count). The number of nitrogens with one attached hydrogen (secondary N) is 2. The number of amides is 1. The van der Waals surface area contributed by atoms with Gasteiger partial charge >= 0.3 is 0 Å². The van der Waals surface area contributed by atoms with Crippen LogP contribution in [0.15, 0.2) is 36.5 Å². The van der Waals surface area contributed by atoms with Crippen LogP contribution >= 0.6 is 11.6 Å². The Labute approximate surface area is 128 Å². The zero-order valence-electron chi connectivity index (χ0n) is 11.8. The molecule has 0 saturated carbocycles. The van der Waals surface area contributed by atoms with Crippen molar-refractivity contribution >= 4 is 23.3 Å². The Balaban J connectivity index is 2.11. The van der Waals surface area contributed by atoms with Gasteiger partial charge < -0.3 is 15.4 Å². The summed E-state index contributed by atoms with van der Waals surface area (Å²) in [5, 5.41) is 6.01. The molecule has 0 spiro atoms. The standard InChI is InChI=1S/C15H16ClN3O2/c1-17-14-7-11(12(16)9-18-14)15(20)19-8-10-5-3-4-6-13(10)21-2/h3-7,9H,8H2,1-2H3,(H,17,18)(H,19,20). The summed E-state index contributed by atoms with van der Waals surface area (Å²) < 4.78 is 5.25. The van der Waals surface area contributed by atoms with Crippen LogP contribution in [0.25, 0.3) is 0 Å². The Morgan fingerprint density at radius 2 is 2.14 bits per heavy atom. The topological polar surface area (TPSA) is 63.2 Å². The molecular weight excluding hydrogens is 290 g/mol. The summed E-state index contributed by atoms with van der Waals surface area (Å²) in [7, 11) is 3.33. The number of anilines is 1. The number of ether oxygens (including phenoxy) is 1. The van der Waals surface area contributed by atoms with E-state index in [0.717, 1.165) is 11.3 Å². The van der Waals surface area contributed by atoms with E-state index in [-0.39, 0.29) is 5.91 Å². The fourth-order valence-electron chi connectivity index (χ4n) is 1.87. The molecule has 1 aromatic carbocycles. The van der Waals surface area contributed by atoms with Crippen LogP contribution in [0.3, 0.4) is 0 Å². The number of rotatable bonds is 5. The SMILES string of the molecule is CNc1cc(C(=O)NCc2ccccc2OC)c(Cl)cn1. The minimum absolute atomic E-state index is 0.259. The molecule has 0 aliphatic rings. The highest BCUT2D eigenvalue weighted by Gasteiger charge is 2.12. The highest BCUT2D eigenvalue weighted by Crippen LogP contribution is 2.19. The minimum atomic E-state index is -0.259. The summed E-state index contributed by atoms with van der Waals surface area (Å²) in [6, 6.07) is 9.12. The Hall–Kier alpha value is -2.27. The van der Waals surface area contributed by atoms with E-state index < -0.39 is 0 Å². The maximum atomic E-state index is 12.2. The predicted octanol–water partition coefficient (Wildman–Crippen LogP) is 2.72. The minimum Gasteiger partial charge on any atom is -0.496 e. The van der Waals surface area contributed by atoms with Gasteiger partial charge in [0.1, 0.15) is 11.6 Å². The third kappa shape index (κ3) is 3.64. The van der Waals surface area contributed by atoms with E-state index in [1.54, 1.807) is 20.2 Å². The van der Waals surface area contributed by atoms with Crippen molar-refractivity contribution < 1.29 is 9.53 Å². The number of aromatic nitrogens is 1. The number of benzene rings is 1. The molecular formula is C15H16ClN3O2. The van der Waals surface area contributed by atoms with Crippen molar-refractivity contribution in [2.24, 2.45) is 0 Å². The average Bonchev–Trinajstić information content (AvgIpc) is 2.53. The lowest BCUT2D eigenvalue weighted by atomic mass is 10.2. The maximum Gasteiger partial charge on any atom is 0.253 e. The molecule has 0 fully saturated rings. The molecule has 0 atom stereocenters. The van der Waals surface area contributed by atoms with Crippen LogP contribution in [0.4, 0.5) is 5.82 Å². The summed E-state index contributed by atoms with van der Waals surface area (Å²) in [4.78, 5) is 16.3. The van der Waals surface area contributed by atoms with E-state index in [0.29, 0.717) is 22.9 Å². The van der Waals surface area contributed by atoms with Crippen LogP contribution in [0.5, 0.6) is 5.75 Å². The number of carbonyl (C=O) groups excluding carboxylic acids is 1. The Morgan fingerprint density at radius 3 is 2.86 bits per heavy atom. The first-order valence-electron chi connectivity index (χ1n) is 6.39. The molecule has 110 valence electrons. The van der Waals surface area contributed by atoms with Crippen LogP contribution in [0.1, 0.15) is 15.9 Å². The highest BCUT2D eigenvalue weighted by atomic mass is 35.5. The van der Waals surface area contributed by atoms with Gasteiger partial charge in [-0.2, -0.15) is 0 Å². The third-order valence-corrected chi connectivity index (χ3v) is 3.29. The highest BCUT2D eigenvalue weighted by molar-refractivity contribution is 6.33. The summed E-state index contributed by atoms with van der Waals surface area (Å²) in [6.45, 7) is 0.358. The Kier molecular flexibility index (Phi) is 5.00. The monoisotopic (exact) mass is 305 g/mol. The first-order chi connectivity index (χ1) is 10.2. The van der Waals surface area contributed by atoms with E-state index in [9.17, 15) is 4.79 Å². The first-order valence-corrected chi connectivity index (χ1v) is 6.77. The van der Waals surface area contributed by atoms with Gasteiger partial charge in [0.25, 0.3) is 5.91 Å². The van der Waals surface area contributed by atoms with Crippen LogP contribution in [-0.4, -0.2) is 25.0 Å².